The Morgan fingerprint density at radius 3 is 2.48 bits per heavy atom. The molecule has 0 amide bonds. The molecule has 0 bridgehead atoms. The van der Waals surface area contributed by atoms with Crippen molar-refractivity contribution >= 4 is 12.2 Å². The maximum absolute atomic E-state index is 11.9. The average molecular weight is 306 g/mol. The van der Waals surface area contributed by atoms with E-state index in [-0.39, 0.29) is 5.56 Å². The Bertz CT molecular complexity index is 749. The number of nitrogens with one attached hydrogen (secondary N) is 2. The van der Waals surface area contributed by atoms with Gasteiger partial charge in [-0.25, -0.2) is 0 Å². The number of methoxy groups -OCH3 is 2. The van der Waals surface area contributed by atoms with Gasteiger partial charge in [0.05, 0.1) is 14.2 Å². The Labute approximate surface area is 127 Å². The maximum atomic E-state index is 11.9. The zero-order valence-corrected chi connectivity index (χ0v) is 13.1. The molecule has 5 nitrogen and oxygen atoms in total. The van der Waals surface area contributed by atoms with Gasteiger partial charge < -0.3 is 14.5 Å². The molecule has 0 unspecified atom stereocenters. The Morgan fingerprint density at radius 1 is 1.14 bits per heavy atom. The Hall–Kier alpha value is -2.08. The van der Waals surface area contributed by atoms with Crippen molar-refractivity contribution in [1.82, 2.24) is 9.97 Å². The first kappa shape index (κ1) is 15.3. The number of hydrogen-bond donors (Lipinski definition) is 2. The molecule has 0 spiro atoms. The predicted molar refractivity (Wildman–Crippen MR) is 84.0 cm³/mol. The van der Waals surface area contributed by atoms with Crippen LogP contribution >= 0.6 is 12.2 Å². The second kappa shape index (κ2) is 6.58. The molecule has 2 aromatic rings. The van der Waals surface area contributed by atoms with Crippen molar-refractivity contribution in [2.75, 3.05) is 14.2 Å². The Balaban J connectivity index is 2.43. The minimum atomic E-state index is -0.128. The van der Waals surface area contributed by atoms with Gasteiger partial charge in [0.25, 0.3) is 5.56 Å². The third kappa shape index (κ3) is 3.33. The van der Waals surface area contributed by atoms with Crippen molar-refractivity contribution in [3.63, 3.8) is 0 Å². The van der Waals surface area contributed by atoms with Crippen LogP contribution in [0.3, 0.4) is 0 Å². The molecule has 0 saturated heterocycles. The molecule has 1 heterocycles. The predicted octanol–water partition coefficient (Wildman–Crippen LogP) is 2.60. The molecular formula is C15H18N2O3S. The van der Waals surface area contributed by atoms with Crippen molar-refractivity contribution in [2.45, 2.75) is 19.8 Å². The number of rotatable bonds is 5. The van der Waals surface area contributed by atoms with E-state index in [4.69, 9.17) is 21.7 Å². The third-order valence-corrected chi connectivity index (χ3v) is 3.52. The average Bonchev–Trinajstić information content (AvgIpc) is 2.46. The summed E-state index contributed by atoms with van der Waals surface area (Å²) in [5.41, 5.74) is 2.44. The molecule has 0 saturated carbocycles. The van der Waals surface area contributed by atoms with E-state index in [9.17, 15) is 4.79 Å². The van der Waals surface area contributed by atoms with Gasteiger partial charge in [-0.05, 0) is 36.3 Å². The normalized spacial score (nSPS) is 10.4. The quantitative estimate of drug-likeness (QED) is 0.833. The number of H-pyrrole nitrogens is 2. The zero-order chi connectivity index (χ0) is 15.4. The summed E-state index contributed by atoms with van der Waals surface area (Å²) in [6.07, 6.45) is 1.22. The van der Waals surface area contributed by atoms with Gasteiger partial charge in [-0.1, -0.05) is 13.0 Å². The van der Waals surface area contributed by atoms with Crippen LogP contribution in [0.2, 0.25) is 0 Å². The largest absolute Gasteiger partial charge is 0.493 e. The molecule has 2 rings (SSSR count). The van der Waals surface area contributed by atoms with E-state index in [0.29, 0.717) is 29.1 Å². The highest BCUT2D eigenvalue weighted by Gasteiger charge is 2.10. The summed E-state index contributed by atoms with van der Waals surface area (Å²) >= 11 is 5.04. The lowest BCUT2D eigenvalue weighted by Crippen LogP contribution is -2.17. The number of aromatic nitrogens is 2. The van der Waals surface area contributed by atoms with Crippen LogP contribution < -0.4 is 15.0 Å². The lowest BCUT2D eigenvalue weighted by Gasteiger charge is -2.11. The number of ether oxygens (including phenoxy) is 2. The van der Waals surface area contributed by atoms with E-state index in [2.05, 4.69) is 9.97 Å². The molecular weight excluding hydrogens is 288 g/mol. The third-order valence-electron chi connectivity index (χ3n) is 3.31. The van der Waals surface area contributed by atoms with Gasteiger partial charge in [-0.3, -0.25) is 9.78 Å². The molecule has 0 aliphatic heterocycles. The fourth-order valence-corrected chi connectivity index (χ4v) is 2.49. The molecule has 0 fully saturated rings. The maximum Gasteiger partial charge on any atom is 0.255 e. The summed E-state index contributed by atoms with van der Waals surface area (Å²) in [6, 6.07) is 5.69. The van der Waals surface area contributed by atoms with E-state index in [0.717, 1.165) is 16.8 Å². The van der Waals surface area contributed by atoms with Gasteiger partial charge in [0, 0.05) is 17.7 Å². The first-order valence-corrected chi connectivity index (χ1v) is 7.05. The molecule has 0 aliphatic rings. The highest BCUT2D eigenvalue weighted by Crippen LogP contribution is 2.28. The van der Waals surface area contributed by atoms with Gasteiger partial charge in [0.15, 0.2) is 16.3 Å². The van der Waals surface area contributed by atoms with Crippen LogP contribution in [-0.4, -0.2) is 24.2 Å². The number of hydrogen-bond acceptors (Lipinski definition) is 4. The van der Waals surface area contributed by atoms with E-state index < -0.39 is 0 Å². The van der Waals surface area contributed by atoms with Crippen molar-refractivity contribution in [1.29, 1.82) is 0 Å². The molecule has 112 valence electrons. The standard InChI is InChI=1S/C15H18N2O3S/c1-4-10-11(16-15(21)17-14(10)18)7-9-5-6-12(19-2)13(8-9)20-3/h5-6,8H,4,7H2,1-3H3,(H2,16,17,18,21). The zero-order valence-electron chi connectivity index (χ0n) is 12.3. The Kier molecular flexibility index (Phi) is 4.80. The smallest absolute Gasteiger partial charge is 0.255 e. The van der Waals surface area contributed by atoms with Gasteiger partial charge in [0.1, 0.15) is 0 Å². The van der Waals surface area contributed by atoms with E-state index in [1.807, 2.05) is 25.1 Å². The molecule has 2 N–H and O–H groups in total. The van der Waals surface area contributed by atoms with Crippen LogP contribution in [0, 0.1) is 4.77 Å². The molecule has 0 radical (unpaired) electrons. The molecule has 6 heteroatoms. The molecule has 21 heavy (non-hydrogen) atoms. The lowest BCUT2D eigenvalue weighted by molar-refractivity contribution is 0.354. The van der Waals surface area contributed by atoms with Crippen LogP contribution in [0.15, 0.2) is 23.0 Å². The summed E-state index contributed by atoms with van der Waals surface area (Å²) in [5.74, 6) is 1.34. The molecule has 0 atom stereocenters. The van der Waals surface area contributed by atoms with Gasteiger partial charge >= 0.3 is 0 Å². The second-order valence-electron chi connectivity index (χ2n) is 4.59. The highest BCUT2D eigenvalue weighted by molar-refractivity contribution is 7.71. The summed E-state index contributed by atoms with van der Waals surface area (Å²) in [7, 11) is 3.19. The van der Waals surface area contributed by atoms with Crippen LogP contribution in [0.25, 0.3) is 0 Å². The van der Waals surface area contributed by atoms with Crippen LogP contribution in [0.5, 0.6) is 11.5 Å². The van der Waals surface area contributed by atoms with Gasteiger partial charge in [-0.15, -0.1) is 0 Å². The first-order valence-electron chi connectivity index (χ1n) is 6.64. The number of benzene rings is 1. The molecule has 1 aromatic heterocycles. The monoisotopic (exact) mass is 306 g/mol. The van der Waals surface area contributed by atoms with Gasteiger partial charge in [0.2, 0.25) is 0 Å². The van der Waals surface area contributed by atoms with Crippen LogP contribution in [-0.2, 0) is 12.8 Å². The van der Waals surface area contributed by atoms with Crippen molar-refractivity contribution < 1.29 is 9.47 Å². The fraction of sp³-hybridized carbons (Fsp3) is 0.333. The topological polar surface area (TPSA) is 67.1 Å². The van der Waals surface area contributed by atoms with Crippen LogP contribution in [0.1, 0.15) is 23.7 Å². The summed E-state index contributed by atoms with van der Waals surface area (Å²) in [4.78, 5) is 17.6. The fourth-order valence-electron chi connectivity index (χ4n) is 2.28. The van der Waals surface area contributed by atoms with E-state index >= 15 is 0 Å². The highest BCUT2D eigenvalue weighted by atomic mass is 32.1. The summed E-state index contributed by atoms with van der Waals surface area (Å²) in [5, 5.41) is 0. The van der Waals surface area contributed by atoms with Crippen molar-refractivity contribution in [3.05, 3.63) is 50.1 Å². The summed E-state index contributed by atoms with van der Waals surface area (Å²) < 4.78 is 10.9. The van der Waals surface area contributed by atoms with Crippen molar-refractivity contribution in [3.8, 4) is 11.5 Å². The summed E-state index contributed by atoms with van der Waals surface area (Å²) in [6.45, 7) is 1.94. The minimum Gasteiger partial charge on any atom is -0.493 e. The van der Waals surface area contributed by atoms with E-state index in [1.165, 1.54) is 0 Å². The Morgan fingerprint density at radius 2 is 1.86 bits per heavy atom. The molecule has 1 aromatic carbocycles. The van der Waals surface area contributed by atoms with Crippen molar-refractivity contribution in [2.24, 2.45) is 0 Å². The number of aromatic amines is 2. The molecule has 0 aliphatic carbocycles. The first-order chi connectivity index (χ1) is 10.1. The van der Waals surface area contributed by atoms with E-state index in [1.54, 1.807) is 14.2 Å². The minimum absolute atomic E-state index is 0.128. The second-order valence-corrected chi connectivity index (χ2v) is 4.99. The van der Waals surface area contributed by atoms with Gasteiger partial charge in [-0.2, -0.15) is 0 Å². The SMILES string of the molecule is CCc1c(Cc2ccc(OC)c(OC)c2)[nH]c(=S)[nH]c1=O. The van der Waals surface area contributed by atoms with Crippen LogP contribution in [0.4, 0.5) is 0 Å². The lowest BCUT2D eigenvalue weighted by atomic mass is 10.0.